The zero-order chi connectivity index (χ0) is 15.2. The summed E-state index contributed by atoms with van der Waals surface area (Å²) in [6, 6.07) is 7.02. The van der Waals surface area contributed by atoms with Gasteiger partial charge in [0.2, 0.25) is 0 Å². The molecule has 1 fully saturated rings. The van der Waals surface area contributed by atoms with Gasteiger partial charge in [0.1, 0.15) is 5.82 Å². The van der Waals surface area contributed by atoms with Crippen LogP contribution in [0.4, 0.5) is 4.39 Å². The van der Waals surface area contributed by atoms with Crippen LogP contribution in [0.2, 0.25) is 0 Å². The fourth-order valence-corrected chi connectivity index (χ4v) is 3.14. The van der Waals surface area contributed by atoms with Gasteiger partial charge in [0.05, 0.1) is 6.10 Å². The Morgan fingerprint density at radius 3 is 2.43 bits per heavy atom. The fraction of sp³-hybridized carbons (Fsp3) is 0.647. The maximum Gasteiger partial charge on any atom is 0.123 e. The van der Waals surface area contributed by atoms with E-state index < -0.39 is 0 Å². The largest absolute Gasteiger partial charge is 0.393 e. The van der Waals surface area contributed by atoms with Crippen LogP contribution in [0.15, 0.2) is 24.3 Å². The Morgan fingerprint density at radius 1 is 1.29 bits per heavy atom. The summed E-state index contributed by atoms with van der Waals surface area (Å²) in [5.74, 6) is 0.271. The van der Waals surface area contributed by atoms with Crippen molar-refractivity contribution in [2.45, 2.75) is 38.3 Å². The van der Waals surface area contributed by atoms with Gasteiger partial charge in [-0.1, -0.05) is 12.1 Å². The zero-order valence-corrected chi connectivity index (χ0v) is 13.1. The highest BCUT2D eigenvalue weighted by molar-refractivity contribution is 5.19. The molecule has 0 spiro atoms. The molecule has 0 amide bonds. The van der Waals surface area contributed by atoms with Gasteiger partial charge in [-0.3, -0.25) is 0 Å². The van der Waals surface area contributed by atoms with Crippen molar-refractivity contribution in [2.24, 2.45) is 5.92 Å². The molecule has 1 aromatic carbocycles. The average molecular weight is 294 g/mol. The monoisotopic (exact) mass is 294 g/mol. The first kappa shape index (κ1) is 16.4. The molecule has 3 nitrogen and oxygen atoms in total. The minimum Gasteiger partial charge on any atom is -0.393 e. The molecular weight excluding hydrogens is 267 g/mol. The number of piperidine rings is 1. The van der Waals surface area contributed by atoms with Crippen molar-refractivity contribution in [1.82, 2.24) is 10.2 Å². The smallest absolute Gasteiger partial charge is 0.123 e. The number of likely N-dealkylation sites (tertiary alicyclic amines) is 1. The van der Waals surface area contributed by atoms with E-state index in [0.29, 0.717) is 5.92 Å². The molecular formula is C17H27FN2O. The second kappa shape index (κ2) is 7.87. The number of aliphatic hydroxyl groups is 1. The van der Waals surface area contributed by atoms with Crippen molar-refractivity contribution < 1.29 is 9.50 Å². The summed E-state index contributed by atoms with van der Waals surface area (Å²) >= 11 is 0. The lowest BCUT2D eigenvalue weighted by Gasteiger charge is -2.34. The number of aliphatic hydroxyl groups excluding tert-OH is 1. The number of rotatable bonds is 6. The second-order valence-electron chi connectivity index (χ2n) is 6.10. The highest BCUT2D eigenvalue weighted by atomic mass is 19.1. The Kier molecular flexibility index (Phi) is 6.15. The summed E-state index contributed by atoms with van der Waals surface area (Å²) in [5.41, 5.74) is 1.14. The Bertz CT molecular complexity index is 413. The van der Waals surface area contributed by atoms with E-state index in [1.807, 2.05) is 26.1 Å². The maximum atomic E-state index is 13.0. The van der Waals surface area contributed by atoms with Gasteiger partial charge in [-0.2, -0.15) is 0 Å². The van der Waals surface area contributed by atoms with E-state index in [9.17, 15) is 9.50 Å². The topological polar surface area (TPSA) is 35.5 Å². The van der Waals surface area contributed by atoms with Crippen molar-refractivity contribution in [3.63, 3.8) is 0 Å². The zero-order valence-electron chi connectivity index (χ0n) is 13.1. The minimum atomic E-state index is -0.186. The number of hydrogen-bond acceptors (Lipinski definition) is 3. The van der Waals surface area contributed by atoms with Crippen molar-refractivity contribution in [3.05, 3.63) is 35.6 Å². The van der Waals surface area contributed by atoms with E-state index in [4.69, 9.17) is 0 Å². The van der Waals surface area contributed by atoms with Gasteiger partial charge in [0, 0.05) is 6.04 Å². The summed E-state index contributed by atoms with van der Waals surface area (Å²) < 4.78 is 13.0. The van der Waals surface area contributed by atoms with Crippen molar-refractivity contribution >= 4 is 0 Å². The third-order valence-electron chi connectivity index (χ3n) is 4.67. The van der Waals surface area contributed by atoms with Crippen LogP contribution < -0.4 is 5.32 Å². The molecule has 0 aliphatic carbocycles. The van der Waals surface area contributed by atoms with Gasteiger partial charge >= 0.3 is 0 Å². The maximum absolute atomic E-state index is 13.0. The average Bonchev–Trinajstić information content (AvgIpc) is 2.50. The third kappa shape index (κ3) is 4.77. The van der Waals surface area contributed by atoms with Gasteiger partial charge in [-0.05, 0) is 76.5 Å². The van der Waals surface area contributed by atoms with Crippen molar-refractivity contribution in [2.75, 3.05) is 26.7 Å². The molecule has 118 valence electrons. The van der Waals surface area contributed by atoms with E-state index in [-0.39, 0.29) is 18.0 Å². The van der Waals surface area contributed by atoms with Gasteiger partial charge < -0.3 is 15.3 Å². The molecule has 1 aliphatic heterocycles. The van der Waals surface area contributed by atoms with Crippen LogP contribution in [0.1, 0.15) is 37.8 Å². The van der Waals surface area contributed by atoms with E-state index in [2.05, 4.69) is 10.2 Å². The van der Waals surface area contributed by atoms with Crippen LogP contribution in [0.5, 0.6) is 0 Å². The highest BCUT2D eigenvalue weighted by Crippen LogP contribution is 2.22. The molecule has 0 bridgehead atoms. The first-order valence-electron chi connectivity index (χ1n) is 7.93. The molecule has 1 heterocycles. The minimum absolute atomic E-state index is 0.184. The fourth-order valence-electron chi connectivity index (χ4n) is 3.14. The predicted molar refractivity (Wildman–Crippen MR) is 83.7 cm³/mol. The molecule has 21 heavy (non-hydrogen) atoms. The summed E-state index contributed by atoms with van der Waals surface area (Å²) in [5, 5.41) is 12.9. The normalized spacial score (nSPS) is 20.4. The van der Waals surface area contributed by atoms with E-state index in [1.165, 1.54) is 12.1 Å². The summed E-state index contributed by atoms with van der Waals surface area (Å²) in [6.45, 7) is 5.06. The Morgan fingerprint density at radius 2 is 1.90 bits per heavy atom. The number of benzene rings is 1. The van der Waals surface area contributed by atoms with Gasteiger partial charge in [0.25, 0.3) is 0 Å². The first-order valence-corrected chi connectivity index (χ1v) is 7.93. The SMILES string of the molecule is CNC(CCN1CCC(C(C)O)CC1)c1ccc(F)cc1. The summed E-state index contributed by atoms with van der Waals surface area (Å²) in [6.07, 6.45) is 3.00. The van der Waals surface area contributed by atoms with Crippen molar-refractivity contribution in [1.29, 1.82) is 0 Å². The van der Waals surface area contributed by atoms with Crippen LogP contribution in [0.3, 0.4) is 0 Å². The van der Waals surface area contributed by atoms with Crippen LogP contribution in [0, 0.1) is 11.7 Å². The molecule has 0 aromatic heterocycles. The Labute approximate surface area is 127 Å². The third-order valence-corrected chi connectivity index (χ3v) is 4.67. The lowest BCUT2D eigenvalue weighted by molar-refractivity contribution is 0.0706. The van der Waals surface area contributed by atoms with Gasteiger partial charge in [-0.25, -0.2) is 4.39 Å². The van der Waals surface area contributed by atoms with E-state index in [1.54, 1.807) is 0 Å². The van der Waals surface area contributed by atoms with Crippen molar-refractivity contribution in [3.8, 4) is 0 Å². The predicted octanol–water partition coefficient (Wildman–Crippen LogP) is 2.57. The molecule has 2 rings (SSSR count). The lowest BCUT2D eigenvalue weighted by Crippen LogP contribution is -2.38. The van der Waals surface area contributed by atoms with E-state index >= 15 is 0 Å². The van der Waals surface area contributed by atoms with E-state index in [0.717, 1.165) is 44.5 Å². The van der Waals surface area contributed by atoms with Crippen LogP contribution in [-0.2, 0) is 0 Å². The lowest BCUT2D eigenvalue weighted by atomic mass is 9.92. The summed E-state index contributed by atoms with van der Waals surface area (Å²) in [7, 11) is 1.95. The molecule has 1 saturated heterocycles. The second-order valence-corrected chi connectivity index (χ2v) is 6.10. The number of hydrogen-bond donors (Lipinski definition) is 2. The number of nitrogens with zero attached hydrogens (tertiary/aromatic N) is 1. The first-order chi connectivity index (χ1) is 10.1. The molecule has 4 heteroatoms. The molecule has 0 radical (unpaired) electrons. The standard InChI is InChI=1S/C17H27FN2O/c1-13(21)14-7-10-20(11-8-14)12-9-17(19-2)15-3-5-16(18)6-4-15/h3-6,13-14,17,19,21H,7-12H2,1-2H3. The molecule has 0 saturated carbocycles. The Hall–Kier alpha value is -0.970. The Balaban J connectivity index is 1.80. The molecule has 1 aliphatic rings. The van der Waals surface area contributed by atoms with Gasteiger partial charge in [0.15, 0.2) is 0 Å². The van der Waals surface area contributed by atoms with Crippen LogP contribution >= 0.6 is 0 Å². The summed E-state index contributed by atoms with van der Waals surface area (Å²) in [4.78, 5) is 2.47. The molecule has 2 unspecified atom stereocenters. The molecule has 2 N–H and O–H groups in total. The number of halogens is 1. The molecule has 2 atom stereocenters. The number of nitrogens with one attached hydrogen (secondary N) is 1. The quantitative estimate of drug-likeness (QED) is 0.846. The highest BCUT2D eigenvalue weighted by Gasteiger charge is 2.23. The van der Waals surface area contributed by atoms with Crippen LogP contribution in [-0.4, -0.2) is 42.8 Å². The van der Waals surface area contributed by atoms with Crippen LogP contribution in [0.25, 0.3) is 0 Å². The van der Waals surface area contributed by atoms with Gasteiger partial charge in [-0.15, -0.1) is 0 Å². The molecule has 1 aromatic rings.